The summed E-state index contributed by atoms with van der Waals surface area (Å²) < 4.78 is 10.8. The summed E-state index contributed by atoms with van der Waals surface area (Å²) >= 11 is 0. The molecule has 29 heavy (non-hydrogen) atoms. The first-order chi connectivity index (χ1) is 13.9. The number of unbranched alkanes of at least 4 members (excludes halogenated alkanes) is 1. The molecular weight excluding hydrogens is 375 g/mol. The van der Waals surface area contributed by atoms with Gasteiger partial charge in [-0.1, -0.05) is 25.0 Å². The second-order valence-electron chi connectivity index (χ2n) is 8.24. The maximum Gasteiger partial charge on any atom is 0.451 e. The molecule has 2 aliphatic rings. The van der Waals surface area contributed by atoms with Crippen molar-refractivity contribution in [3.8, 4) is 5.75 Å². The van der Waals surface area contributed by atoms with Crippen molar-refractivity contribution in [1.82, 2.24) is 5.32 Å². The highest BCUT2D eigenvalue weighted by molar-refractivity contribution is 6.40. The number of carboxylic acid groups (broad SMARTS) is 1. The van der Waals surface area contributed by atoms with Crippen LogP contribution in [-0.2, 0) is 16.1 Å². The van der Waals surface area contributed by atoms with Gasteiger partial charge in [-0.2, -0.15) is 0 Å². The predicted octanol–water partition coefficient (Wildman–Crippen LogP) is 0.758. The van der Waals surface area contributed by atoms with Crippen molar-refractivity contribution >= 4 is 13.1 Å². The second kappa shape index (κ2) is 9.91. The molecule has 1 aromatic rings. The third-order valence-electron chi connectivity index (χ3n) is 6.00. The molecule has 1 saturated carbocycles. The van der Waals surface area contributed by atoms with E-state index in [0.717, 1.165) is 24.2 Å². The quantitative estimate of drug-likeness (QED) is 0.254. The molecule has 1 unspecified atom stereocenters. The topological polar surface area (TPSA) is 134 Å². The van der Waals surface area contributed by atoms with E-state index in [1.165, 1.54) is 0 Å². The van der Waals surface area contributed by atoms with Crippen LogP contribution in [0.2, 0.25) is 6.32 Å². The van der Waals surface area contributed by atoms with Crippen LogP contribution in [-0.4, -0.2) is 59.1 Å². The van der Waals surface area contributed by atoms with Gasteiger partial charge in [0.2, 0.25) is 0 Å². The van der Waals surface area contributed by atoms with Crippen LogP contribution in [0.15, 0.2) is 24.3 Å². The van der Waals surface area contributed by atoms with Gasteiger partial charge in [0.05, 0.1) is 13.2 Å². The molecule has 3 rings (SSSR count). The molecule has 160 valence electrons. The summed E-state index contributed by atoms with van der Waals surface area (Å²) in [7, 11) is -1.35. The van der Waals surface area contributed by atoms with Gasteiger partial charge in [-0.25, -0.2) is 0 Å². The monoisotopic (exact) mass is 406 g/mol. The molecule has 0 radical (unpaired) electrons. The lowest BCUT2D eigenvalue weighted by atomic mass is 9.66. The number of nitrogens with one attached hydrogen (secondary N) is 1. The summed E-state index contributed by atoms with van der Waals surface area (Å²) in [5.74, 6) is -0.205. The van der Waals surface area contributed by atoms with E-state index in [-0.39, 0.29) is 24.4 Å². The molecule has 2 fully saturated rings. The van der Waals surface area contributed by atoms with E-state index in [1.807, 2.05) is 24.3 Å². The maximum absolute atomic E-state index is 11.7. The average Bonchev–Trinajstić information content (AvgIpc) is 2.61. The first kappa shape index (κ1) is 22.0. The molecule has 1 aromatic carbocycles. The Morgan fingerprint density at radius 1 is 1.24 bits per heavy atom. The highest BCUT2D eigenvalue weighted by atomic mass is 16.6. The Balaban J connectivity index is 1.39. The molecule has 0 spiro atoms. The Hall–Kier alpha value is -1.65. The number of aliphatic carboxylic acids is 1. The zero-order valence-corrected chi connectivity index (χ0v) is 16.6. The van der Waals surface area contributed by atoms with Gasteiger partial charge in [-0.3, -0.25) is 4.79 Å². The number of nitrogens with two attached hydrogens (primary N) is 1. The van der Waals surface area contributed by atoms with Crippen molar-refractivity contribution in [3.63, 3.8) is 0 Å². The number of hydrogen-bond acceptors (Lipinski definition) is 7. The first-order valence-corrected chi connectivity index (χ1v) is 10.3. The summed E-state index contributed by atoms with van der Waals surface area (Å²) in [6, 6.07) is 8.22. The summed E-state index contributed by atoms with van der Waals surface area (Å²) in [6.45, 7) is 2.01. The molecule has 0 aromatic heterocycles. The van der Waals surface area contributed by atoms with E-state index < -0.39 is 18.6 Å². The molecular formula is C20H31BN2O6. The normalized spacial score (nSPS) is 23.6. The van der Waals surface area contributed by atoms with E-state index in [9.17, 15) is 9.90 Å². The standard InChI is InChI=1S/C20H31BN2O6/c22-20(19(24)25,7-1-2-8-21(26)27)15-9-16(10-15)23-11-14-3-5-17(6-4-14)29-18-12-28-13-18/h3-6,15-16,18,23,26-27H,1-2,7-13,22H2,(H,24,25). The van der Waals surface area contributed by atoms with Crippen molar-refractivity contribution in [2.75, 3.05) is 13.2 Å². The zero-order chi connectivity index (χ0) is 20.9. The van der Waals surface area contributed by atoms with Gasteiger partial charge >= 0.3 is 13.1 Å². The van der Waals surface area contributed by atoms with Crippen molar-refractivity contribution in [1.29, 1.82) is 0 Å². The minimum Gasteiger partial charge on any atom is -0.486 e. The second-order valence-corrected chi connectivity index (χ2v) is 8.24. The van der Waals surface area contributed by atoms with Crippen molar-refractivity contribution < 1.29 is 29.4 Å². The number of ether oxygens (including phenoxy) is 2. The van der Waals surface area contributed by atoms with Crippen molar-refractivity contribution in [2.45, 2.75) is 62.7 Å². The SMILES string of the molecule is NC(CCCCB(O)O)(C(=O)O)C1CC(NCc2ccc(OC3COC3)cc2)C1. The van der Waals surface area contributed by atoms with Gasteiger partial charge in [0.25, 0.3) is 0 Å². The fourth-order valence-corrected chi connectivity index (χ4v) is 3.86. The molecule has 8 nitrogen and oxygen atoms in total. The lowest BCUT2D eigenvalue weighted by Gasteiger charge is -2.45. The lowest BCUT2D eigenvalue weighted by molar-refractivity contribution is -0.148. The molecule has 0 bridgehead atoms. The fraction of sp³-hybridized carbons (Fsp3) is 0.650. The molecule has 1 aliphatic carbocycles. The van der Waals surface area contributed by atoms with Crippen molar-refractivity contribution in [2.24, 2.45) is 11.7 Å². The smallest absolute Gasteiger partial charge is 0.451 e. The van der Waals surface area contributed by atoms with Crippen molar-refractivity contribution in [3.05, 3.63) is 29.8 Å². The molecule has 6 N–H and O–H groups in total. The Kier molecular flexibility index (Phi) is 7.53. The van der Waals surface area contributed by atoms with E-state index in [2.05, 4.69) is 5.32 Å². The van der Waals surface area contributed by atoms with Gasteiger partial charge in [0.15, 0.2) is 0 Å². The van der Waals surface area contributed by atoms with Crippen LogP contribution in [0.5, 0.6) is 5.75 Å². The van der Waals surface area contributed by atoms with E-state index >= 15 is 0 Å². The van der Waals surface area contributed by atoms with Gasteiger partial charge in [0.1, 0.15) is 17.4 Å². The molecule has 9 heteroatoms. The predicted molar refractivity (Wildman–Crippen MR) is 108 cm³/mol. The van der Waals surface area contributed by atoms with Gasteiger partial charge in [-0.05, 0) is 49.2 Å². The number of carbonyl (C=O) groups is 1. The summed E-state index contributed by atoms with van der Waals surface area (Å²) in [5, 5.41) is 30.9. The third-order valence-corrected chi connectivity index (χ3v) is 6.00. The van der Waals surface area contributed by atoms with E-state index in [0.29, 0.717) is 39.0 Å². The van der Waals surface area contributed by atoms with E-state index in [4.69, 9.17) is 25.3 Å². The highest BCUT2D eigenvalue weighted by Crippen LogP contribution is 2.38. The van der Waals surface area contributed by atoms with Crippen LogP contribution >= 0.6 is 0 Å². The summed E-state index contributed by atoms with van der Waals surface area (Å²) in [6.07, 6.45) is 3.32. The number of carboxylic acids is 1. The number of rotatable bonds is 12. The van der Waals surface area contributed by atoms with Gasteiger partial charge in [0, 0.05) is 12.6 Å². The number of benzene rings is 1. The van der Waals surface area contributed by atoms with Crippen LogP contribution in [0.1, 0.15) is 37.7 Å². The van der Waals surface area contributed by atoms with Crippen LogP contribution in [0.4, 0.5) is 0 Å². The minimum atomic E-state index is -1.35. The minimum absolute atomic E-state index is 0.0722. The lowest BCUT2D eigenvalue weighted by Crippen LogP contribution is -2.61. The molecule has 0 amide bonds. The molecule has 1 atom stereocenters. The van der Waals surface area contributed by atoms with Crippen LogP contribution in [0.3, 0.4) is 0 Å². The summed E-state index contributed by atoms with van der Waals surface area (Å²) in [5.41, 5.74) is 6.13. The Labute approximate surface area is 171 Å². The highest BCUT2D eigenvalue weighted by Gasteiger charge is 2.48. The molecule has 1 heterocycles. The Bertz CT molecular complexity index is 663. The van der Waals surface area contributed by atoms with Gasteiger partial charge < -0.3 is 35.7 Å². The zero-order valence-electron chi connectivity index (χ0n) is 16.6. The largest absolute Gasteiger partial charge is 0.486 e. The third kappa shape index (κ3) is 5.93. The van der Waals surface area contributed by atoms with Gasteiger partial charge in [-0.15, -0.1) is 0 Å². The maximum atomic E-state index is 11.7. The fourth-order valence-electron chi connectivity index (χ4n) is 3.86. The molecule has 1 saturated heterocycles. The first-order valence-electron chi connectivity index (χ1n) is 10.3. The Morgan fingerprint density at radius 2 is 1.93 bits per heavy atom. The average molecular weight is 406 g/mol. The summed E-state index contributed by atoms with van der Waals surface area (Å²) in [4.78, 5) is 11.7. The van der Waals surface area contributed by atoms with Crippen LogP contribution in [0.25, 0.3) is 0 Å². The van der Waals surface area contributed by atoms with Crippen LogP contribution < -0.4 is 15.8 Å². The number of hydrogen-bond donors (Lipinski definition) is 5. The van der Waals surface area contributed by atoms with E-state index in [1.54, 1.807) is 0 Å². The van der Waals surface area contributed by atoms with Crippen LogP contribution in [0, 0.1) is 5.92 Å². The molecule has 1 aliphatic heterocycles. The Morgan fingerprint density at radius 3 is 2.48 bits per heavy atom.